The topological polar surface area (TPSA) is 211 Å². The summed E-state index contributed by atoms with van der Waals surface area (Å²) in [5.41, 5.74) is 2.45. The first kappa shape index (κ1) is 43.3. The molecule has 0 radical (unpaired) electrons. The van der Waals surface area contributed by atoms with E-state index in [4.69, 9.17) is 14.6 Å². The van der Waals surface area contributed by atoms with E-state index >= 15 is 0 Å². The molecule has 2 aromatic carbocycles. The van der Waals surface area contributed by atoms with E-state index in [9.17, 15) is 39.2 Å². The van der Waals surface area contributed by atoms with Crippen molar-refractivity contribution in [2.75, 3.05) is 57.4 Å². The maximum absolute atomic E-state index is 12.6. The van der Waals surface area contributed by atoms with E-state index < -0.39 is 57.5 Å². The molecule has 2 heterocycles. The minimum atomic E-state index is -4.86. The first-order valence-corrected chi connectivity index (χ1v) is 22.4. The molecule has 0 aliphatic carbocycles. The predicted octanol–water partition coefficient (Wildman–Crippen LogP) is 4.22. The Bertz CT molecular complexity index is 2160. The highest BCUT2D eigenvalue weighted by atomic mass is 32.2. The SMILES string of the molecule is COCCN1/C(=C/C=C/C2=[N+](CCCCCC(=O)O)c3ccc(S(=O)(=O)[O-])cc3C2(C)CCCS(=O)(=O)[O-])C(C)(CCOC)c2cc(S(C)(=O)=O)ccc21. The van der Waals surface area contributed by atoms with E-state index in [1.165, 1.54) is 12.1 Å². The van der Waals surface area contributed by atoms with E-state index in [0.717, 1.165) is 23.2 Å². The van der Waals surface area contributed by atoms with Crippen LogP contribution in [-0.4, -0.2) is 108 Å². The maximum atomic E-state index is 12.6. The minimum Gasteiger partial charge on any atom is -0.748 e. The number of hydrogen-bond acceptors (Lipinski definition) is 12. The molecule has 17 heteroatoms. The van der Waals surface area contributed by atoms with Crippen molar-refractivity contribution in [3.05, 3.63) is 71.5 Å². The third kappa shape index (κ3) is 9.85. The molecule has 2 aliphatic heterocycles. The van der Waals surface area contributed by atoms with Crippen LogP contribution >= 0.6 is 0 Å². The highest BCUT2D eigenvalue weighted by Crippen LogP contribution is 2.51. The van der Waals surface area contributed by atoms with Crippen LogP contribution in [0.25, 0.3) is 0 Å². The van der Waals surface area contributed by atoms with Crippen LogP contribution in [0.1, 0.15) is 69.9 Å². The van der Waals surface area contributed by atoms with Crippen molar-refractivity contribution in [2.24, 2.45) is 0 Å². The lowest BCUT2D eigenvalue weighted by atomic mass is 9.75. The second kappa shape index (κ2) is 17.1. The number of aliphatic carboxylic acids is 1. The number of sulfone groups is 1. The number of carbonyl (C=O) groups is 1. The number of allylic oxidation sites excluding steroid dienone is 4. The highest BCUT2D eigenvalue weighted by Gasteiger charge is 2.48. The Kier molecular flexibility index (Phi) is 13.7. The molecule has 0 bridgehead atoms. The summed E-state index contributed by atoms with van der Waals surface area (Å²) >= 11 is 0. The van der Waals surface area contributed by atoms with Crippen LogP contribution in [0.4, 0.5) is 11.4 Å². The lowest BCUT2D eigenvalue weighted by Gasteiger charge is -2.30. The molecule has 2 atom stereocenters. The van der Waals surface area contributed by atoms with Crippen molar-refractivity contribution >= 4 is 53.1 Å². The highest BCUT2D eigenvalue weighted by molar-refractivity contribution is 7.90. The number of benzene rings is 2. The molecule has 2 unspecified atom stereocenters. The number of unbranched alkanes of at least 4 members (excludes halogenated alkanes) is 2. The number of hydrogen-bond donors (Lipinski definition) is 1. The summed E-state index contributed by atoms with van der Waals surface area (Å²) in [6.45, 7) is 5.40. The number of ether oxygens (including phenoxy) is 2. The van der Waals surface area contributed by atoms with E-state index in [-0.39, 0.29) is 24.2 Å². The first-order valence-electron chi connectivity index (χ1n) is 17.6. The fourth-order valence-corrected chi connectivity index (χ4v) is 9.14. The number of rotatable bonds is 20. The third-order valence-corrected chi connectivity index (χ3v) is 13.0. The van der Waals surface area contributed by atoms with Crippen LogP contribution in [0.5, 0.6) is 0 Å². The van der Waals surface area contributed by atoms with Crippen molar-refractivity contribution < 1.29 is 58.3 Å². The van der Waals surface area contributed by atoms with Crippen molar-refractivity contribution in [3.8, 4) is 0 Å². The zero-order valence-corrected chi connectivity index (χ0v) is 33.7. The zero-order valence-electron chi connectivity index (χ0n) is 31.2. The normalized spacial score (nSPS) is 21.0. The molecule has 0 aromatic heterocycles. The fraction of sp³-hybridized carbons (Fsp3) is 0.514. The lowest BCUT2D eigenvalue weighted by Crippen LogP contribution is -2.32. The number of anilines is 1. The Hall–Kier alpha value is -3.45. The third-order valence-electron chi connectivity index (χ3n) is 10.3. The molecule has 298 valence electrons. The van der Waals surface area contributed by atoms with Crippen molar-refractivity contribution in [1.29, 1.82) is 0 Å². The molecule has 4 rings (SSSR count). The molecule has 0 saturated heterocycles. The Labute approximate surface area is 318 Å². The van der Waals surface area contributed by atoms with Gasteiger partial charge in [0.05, 0.1) is 31.9 Å². The molecule has 2 aliphatic rings. The van der Waals surface area contributed by atoms with Crippen LogP contribution in [0, 0.1) is 0 Å². The van der Waals surface area contributed by atoms with Crippen LogP contribution in [0.2, 0.25) is 0 Å². The molecule has 0 fully saturated rings. The quantitative estimate of drug-likeness (QED) is 0.113. The van der Waals surface area contributed by atoms with Gasteiger partial charge in [0.2, 0.25) is 5.69 Å². The summed E-state index contributed by atoms with van der Waals surface area (Å²) in [5, 5.41) is 9.13. The molecule has 54 heavy (non-hydrogen) atoms. The van der Waals surface area contributed by atoms with Gasteiger partial charge < -0.3 is 28.6 Å². The van der Waals surface area contributed by atoms with Gasteiger partial charge >= 0.3 is 5.97 Å². The monoisotopic (exact) mass is 809 g/mol. The molecule has 2 aromatic rings. The van der Waals surface area contributed by atoms with Gasteiger partial charge in [-0.05, 0) is 87.9 Å². The summed E-state index contributed by atoms with van der Waals surface area (Å²) < 4.78 is 110. The van der Waals surface area contributed by atoms with Gasteiger partial charge in [-0.2, -0.15) is 4.58 Å². The van der Waals surface area contributed by atoms with Gasteiger partial charge in [-0.25, -0.2) is 25.3 Å². The molecule has 0 saturated carbocycles. The van der Waals surface area contributed by atoms with Crippen molar-refractivity contribution in [1.82, 2.24) is 0 Å². The summed E-state index contributed by atoms with van der Waals surface area (Å²) in [4.78, 5) is 12.9. The van der Waals surface area contributed by atoms with Gasteiger partial charge in [0.25, 0.3) is 0 Å². The van der Waals surface area contributed by atoms with Gasteiger partial charge in [0.15, 0.2) is 15.5 Å². The molecular formula is C37H49N2O12S3-. The molecular weight excluding hydrogens is 761 g/mol. The maximum Gasteiger partial charge on any atom is 0.303 e. The van der Waals surface area contributed by atoms with Crippen LogP contribution in [0.15, 0.2) is 70.1 Å². The lowest BCUT2D eigenvalue weighted by molar-refractivity contribution is -0.438. The van der Waals surface area contributed by atoms with E-state index in [1.54, 1.807) is 38.5 Å². The largest absolute Gasteiger partial charge is 0.748 e. The molecule has 0 amide bonds. The van der Waals surface area contributed by atoms with E-state index in [2.05, 4.69) is 4.90 Å². The average Bonchev–Trinajstić information content (AvgIpc) is 3.44. The van der Waals surface area contributed by atoms with Gasteiger partial charge in [-0.1, -0.05) is 6.08 Å². The van der Waals surface area contributed by atoms with Gasteiger partial charge in [0, 0.05) is 86.7 Å². The minimum absolute atomic E-state index is 0.00220. The van der Waals surface area contributed by atoms with E-state index in [0.29, 0.717) is 68.9 Å². The number of carboxylic acids is 1. The first-order chi connectivity index (χ1) is 25.2. The van der Waals surface area contributed by atoms with Gasteiger partial charge in [-0.3, -0.25) is 4.79 Å². The summed E-state index contributed by atoms with van der Waals surface area (Å²) in [6.07, 6.45) is 8.93. The number of nitrogens with zero attached hydrogens (tertiary/aromatic N) is 2. The summed E-state index contributed by atoms with van der Waals surface area (Å²) in [7, 11) is -9.78. The van der Waals surface area contributed by atoms with Crippen molar-refractivity contribution in [3.63, 3.8) is 0 Å². The number of carboxylic acid groups (broad SMARTS) is 1. The van der Waals surface area contributed by atoms with Gasteiger partial charge in [0.1, 0.15) is 16.7 Å². The predicted molar refractivity (Wildman–Crippen MR) is 201 cm³/mol. The van der Waals surface area contributed by atoms with Crippen LogP contribution in [-0.2, 0) is 55.2 Å². The molecule has 1 N–H and O–H groups in total. The second-order valence-electron chi connectivity index (χ2n) is 14.2. The fourth-order valence-electron chi connectivity index (χ4n) is 7.50. The molecule has 0 spiro atoms. The standard InChI is InChI=1S/C37H50N2O12S3/c1-36(18-10-24-53(44,45)46)30-26-28(54(47,48)49)15-17-31(30)38(20-8-6-7-13-35(40)41)33(36)11-9-12-34-37(2,19-22-50-3)29-25-27(52(5,42)43)14-16-32(29)39(34)21-23-51-4/h9,11-12,14-17,25-26H,6-8,10,13,18-24H2,1-5H3,(H2-,40,41,44,45,46,47,48,49)/p-1. The Morgan fingerprint density at radius 2 is 1.54 bits per heavy atom. The zero-order chi connectivity index (χ0) is 40.1. The Morgan fingerprint density at radius 1 is 0.870 bits per heavy atom. The Balaban J connectivity index is 1.91. The van der Waals surface area contributed by atoms with Crippen LogP contribution < -0.4 is 4.90 Å². The summed E-state index contributed by atoms with van der Waals surface area (Å²) in [5.74, 6) is -1.55. The summed E-state index contributed by atoms with van der Waals surface area (Å²) in [6, 6.07) is 9.14. The number of methoxy groups -OCH3 is 2. The van der Waals surface area contributed by atoms with Crippen LogP contribution in [0.3, 0.4) is 0 Å². The van der Waals surface area contributed by atoms with Crippen molar-refractivity contribution in [2.45, 2.75) is 79.4 Å². The van der Waals surface area contributed by atoms with Gasteiger partial charge in [-0.15, -0.1) is 0 Å². The molecule has 14 nitrogen and oxygen atoms in total. The average molecular weight is 810 g/mol. The smallest absolute Gasteiger partial charge is 0.303 e. The second-order valence-corrected chi connectivity index (χ2v) is 19.1. The Morgan fingerprint density at radius 3 is 2.15 bits per heavy atom. The van der Waals surface area contributed by atoms with E-state index in [1.807, 2.05) is 36.7 Å². The number of fused-ring (bicyclic) bond motifs is 2.